The molecular weight excluding hydrogens is 378 g/mol. The van der Waals surface area contributed by atoms with E-state index in [0.717, 1.165) is 11.1 Å². The van der Waals surface area contributed by atoms with Crippen molar-refractivity contribution in [3.8, 4) is 0 Å². The van der Waals surface area contributed by atoms with Gasteiger partial charge in [0.1, 0.15) is 12.2 Å². The number of hydrogen-bond acceptors (Lipinski definition) is 5. The van der Waals surface area contributed by atoms with E-state index in [4.69, 9.17) is 20.8 Å². The largest absolute Gasteiger partial charge is 0.457 e. The maximum Gasteiger partial charge on any atom is 0.340 e. The summed E-state index contributed by atoms with van der Waals surface area (Å²) < 4.78 is 11.2. The predicted octanol–water partition coefficient (Wildman–Crippen LogP) is 4.97. The third-order valence-corrected chi connectivity index (χ3v) is 4.97. The fourth-order valence-corrected chi connectivity index (χ4v) is 3.16. The van der Waals surface area contributed by atoms with Gasteiger partial charge < -0.3 is 9.15 Å². The number of carbonyl (C=O) groups excluding carboxylic acids is 1. The number of nitrogens with zero attached hydrogens (tertiary/aromatic N) is 1. The number of aromatic nitrogens is 1. The first-order chi connectivity index (χ1) is 13.4. The molecule has 28 heavy (non-hydrogen) atoms. The van der Waals surface area contributed by atoms with Gasteiger partial charge in [-0.15, -0.1) is 0 Å². The molecule has 0 aliphatic rings. The highest BCUT2D eigenvalue weighted by Crippen LogP contribution is 2.25. The number of rotatable bonds is 3. The number of halogens is 1. The Morgan fingerprint density at radius 2 is 1.86 bits per heavy atom. The highest BCUT2D eigenvalue weighted by Gasteiger charge is 2.18. The third-order valence-electron chi connectivity index (χ3n) is 4.57. The zero-order chi connectivity index (χ0) is 19.8. The lowest BCUT2D eigenvalue weighted by Crippen LogP contribution is -2.11. The van der Waals surface area contributed by atoms with Crippen LogP contribution in [0.4, 0.5) is 0 Å². The van der Waals surface area contributed by atoms with Crippen molar-refractivity contribution in [1.29, 1.82) is 0 Å². The highest BCUT2D eigenvalue weighted by atomic mass is 35.5. The summed E-state index contributed by atoms with van der Waals surface area (Å²) in [5, 5.41) is 1.03. The van der Waals surface area contributed by atoms with Crippen LogP contribution in [0.1, 0.15) is 27.2 Å². The second-order valence-electron chi connectivity index (χ2n) is 6.56. The van der Waals surface area contributed by atoms with Crippen molar-refractivity contribution in [2.75, 3.05) is 0 Å². The molecule has 0 aliphatic carbocycles. The minimum atomic E-state index is -0.544. The van der Waals surface area contributed by atoms with E-state index in [9.17, 15) is 9.59 Å². The predicted molar refractivity (Wildman–Crippen MR) is 108 cm³/mol. The number of hydrogen-bond donors (Lipinski definition) is 0. The van der Waals surface area contributed by atoms with E-state index < -0.39 is 5.97 Å². The zero-order valence-corrected chi connectivity index (χ0v) is 16.0. The summed E-state index contributed by atoms with van der Waals surface area (Å²) in [5.74, 6) is -0.544. The molecule has 0 aliphatic heterocycles. The van der Waals surface area contributed by atoms with Gasteiger partial charge in [-0.3, -0.25) is 4.79 Å². The molecule has 6 heteroatoms. The van der Waals surface area contributed by atoms with E-state index in [1.54, 1.807) is 19.1 Å². The molecule has 5 nitrogen and oxygen atoms in total. The summed E-state index contributed by atoms with van der Waals surface area (Å²) >= 11 is 6.15. The summed E-state index contributed by atoms with van der Waals surface area (Å²) in [6, 6.07) is 14.1. The van der Waals surface area contributed by atoms with E-state index >= 15 is 0 Å². The molecule has 0 saturated carbocycles. The second-order valence-corrected chi connectivity index (χ2v) is 6.97. The Labute approximate surface area is 165 Å². The first-order valence-electron chi connectivity index (χ1n) is 8.69. The number of pyridine rings is 1. The van der Waals surface area contributed by atoms with Crippen LogP contribution in [-0.2, 0) is 11.3 Å². The minimum Gasteiger partial charge on any atom is -0.457 e. The van der Waals surface area contributed by atoms with Crippen LogP contribution in [0.2, 0.25) is 5.02 Å². The SMILES string of the molecule is Cc1cc2oc3nc(C)c(C(=O)OCc4ccccc4)cc3c(=O)c2cc1Cl. The van der Waals surface area contributed by atoms with Crippen molar-refractivity contribution in [3.63, 3.8) is 0 Å². The molecular formula is C22H16ClNO4. The van der Waals surface area contributed by atoms with Crippen LogP contribution in [0.25, 0.3) is 22.1 Å². The van der Waals surface area contributed by atoms with Crippen molar-refractivity contribution in [3.05, 3.63) is 86.2 Å². The summed E-state index contributed by atoms with van der Waals surface area (Å²) in [7, 11) is 0. The molecule has 4 rings (SSSR count). The smallest absolute Gasteiger partial charge is 0.340 e. The fraction of sp³-hybridized carbons (Fsp3) is 0.136. The Balaban J connectivity index is 1.77. The van der Waals surface area contributed by atoms with Crippen LogP contribution in [0.5, 0.6) is 0 Å². The Bertz CT molecular complexity index is 1280. The minimum absolute atomic E-state index is 0.137. The Morgan fingerprint density at radius 3 is 2.61 bits per heavy atom. The number of aryl methyl sites for hydroxylation is 2. The quantitative estimate of drug-likeness (QED) is 0.363. The van der Waals surface area contributed by atoms with E-state index in [0.29, 0.717) is 21.7 Å². The zero-order valence-electron chi connectivity index (χ0n) is 15.3. The van der Waals surface area contributed by atoms with Crippen LogP contribution in [-0.4, -0.2) is 11.0 Å². The Kier molecular flexibility index (Phi) is 4.61. The third kappa shape index (κ3) is 3.25. The first kappa shape index (κ1) is 18.2. The number of ether oxygens (including phenoxy) is 1. The molecule has 4 aromatic rings. The van der Waals surface area contributed by atoms with Crippen LogP contribution in [0.15, 0.2) is 57.7 Å². The summed E-state index contributed by atoms with van der Waals surface area (Å²) in [5.41, 5.74) is 2.63. The maximum atomic E-state index is 12.9. The topological polar surface area (TPSA) is 69.4 Å². The molecule has 0 bridgehead atoms. The fourth-order valence-electron chi connectivity index (χ4n) is 3.00. The molecule has 0 amide bonds. The lowest BCUT2D eigenvalue weighted by molar-refractivity contribution is 0.0471. The van der Waals surface area contributed by atoms with Crippen molar-refractivity contribution in [1.82, 2.24) is 4.98 Å². The average molecular weight is 394 g/mol. The molecule has 0 N–H and O–H groups in total. The lowest BCUT2D eigenvalue weighted by Gasteiger charge is -2.09. The summed E-state index contributed by atoms with van der Waals surface area (Å²) in [6.45, 7) is 3.64. The lowest BCUT2D eigenvalue weighted by atomic mass is 10.1. The molecule has 0 fully saturated rings. The van der Waals surface area contributed by atoms with Gasteiger partial charge in [-0.1, -0.05) is 41.9 Å². The standard InChI is InChI=1S/C22H16ClNO4/c1-12-8-19-16(10-18(12)23)20(25)17-9-15(13(2)24-21(17)28-19)22(26)27-11-14-6-4-3-5-7-14/h3-10H,11H2,1-2H3. The van der Waals surface area contributed by atoms with Crippen LogP contribution >= 0.6 is 11.6 Å². The van der Waals surface area contributed by atoms with Gasteiger partial charge in [-0.05, 0) is 43.2 Å². The van der Waals surface area contributed by atoms with Gasteiger partial charge >= 0.3 is 5.97 Å². The monoisotopic (exact) mass is 393 g/mol. The number of esters is 1. The molecule has 2 heterocycles. The first-order valence-corrected chi connectivity index (χ1v) is 9.07. The van der Waals surface area contributed by atoms with Crippen LogP contribution in [0, 0.1) is 13.8 Å². The van der Waals surface area contributed by atoms with Gasteiger partial charge in [0.25, 0.3) is 0 Å². The van der Waals surface area contributed by atoms with Crippen molar-refractivity contribution in [2.45, 2.75) is 20.5 Å². The van der Waals surface area contributed by atoms with Gasteiger partial charge in [0, 0.05) is 5.02 Å². The second kappa shape index (κ2) is 7.09. The van der Waals surface area contributed by atoms with Crippen LogP contribution < -0.4 is 5.43 Å². The van der Waals surface area contributed by atoms with Crippen molar-refractivity contribution in [2.24, 2.45) is 0 Å². The van der Waals surface area contributed by atoms with Crippen molar-refractivity contribution < 1.29 is 13.9 Å². The van der Waals surface area contributed by atoms with E-state index in [2.05, 4.69) is 4.98 Å². The molecule has 0 unspecified atom stereocenters. The van der Waals surface area contributed by atoms with Gasteiger partial charge in [0.15, 0.2) is 0 Å². The highest BCUT2D eigenvalue weighted by molar-refractivity contribution is 6.32. The Morgan fingerprint density at radius 1 is 1.11 bits per heavy atom. The molecule has 2 aromatic heterocycles. The number of carbonyl (C=O) groups is 1. The Hall–Kier alpha value is -3.18. The number of fused-ring (bicyclic) bond motifs is 2. The van der Waals surface area contributed by atoms with Crippen LogP contribution in [0.3, 0.4) is 0 Å². The maximum absolute atomic E-state index is 12.9. The number of benzene rings is 2. The molecule has 0 saturated heterocycles. The summed E-state index contributed by atoms with van der Waals surface area (Å²) in [6.07, 6.45) is 0. The summed E-state index contributed by atoms with van der Waals surface area (Å²) in [4.78, 5) is 29.8. The molecule has 140 valence electrons. The van der Waals surface area contributed by atoms with Gasteiger partial charge in [-0.25, -0.2) is 9.78 Å². The van der Waals surface area contributed by atoms with Gasteiger partial charge in [0.05, 0.1) is 22.0 Å². The average Bonchev–Trinajstić information content (AvgIpc) is 2.68. The molecule has 2 aromatic carbocycles. The van der Waals surface area contributed by atoms with Gasteiger partial charge in [-0.2, -0.15) is 0 Å². The molecule has 0 radical (unpaired) electrons. The normalized spacial score (nSPS) is 11.1. The molecule has 0 spiro atoms. The van der Waals surface area contributed by atoms with Crippen molar-refractivity contribution >= 4 is 39.6 Å². The van der Waals surface area contributed by atoms with E-state index in [1.807, 2.05) is 37.3 Å². The molecule has 0 atom stereocenters. The van der Waals surface area contributed by atoms with E-state index in [-0.39, 0.29) is 28.7 Å². The van der Waals surface area contributed by atoms with E-state index in [1.165, 1.54) is 6.07 Å². The van der Waals surface area contributed by atoms with Gasteiger partial charge in [0.2, 0.25) is 11.1 Å².